The average Bonchev–Trinajstić information content (AvgIpc) is 3.18. The van der Waals surface area contributed by atoms with Crippen molar-refractivity contribution in [2.24, 2.45) is 0 Å². The van der Waals surface area contributed by atoms with E-state index in [4.69, 9.17) is 9.15 Å². The van der Waals surface area contributed by atoms with Crippen LogP contribution in [0.25, 0.3) is 22.4 Å². The van der Waals surface area contributed by atoms with Crippen molar-refractivity contribution in [2.75, 3.05) is 13.1 Å². The van der Waals surface area contributed by atoms with Gasteiger partial charge in [0.25, 0.3) is 5.91 Å². The van der Waals surface area contributed by atoms with Gasteiger partial charge in [-0.3, -0.25) is 9.78 Å². The largest absolute Gasteiger partial charge is 0.444 e. The van der Waals surface area contributed by atoms with Crippen LogP contribution in [-0.2, 0) is 11.3 Å². The summed E-state index contributed by atoms with van der Waals surface area (Å²) in [4.78, 5) is 35.0. The second-order valence-corrected chi connectivity index (χ2v) is 9.82. The van der Waals surface area contributed by atoms with E-state index in [1.165, 1.54) is 6.20 Å². The summed E-state index contributed by atoms with van der Waals surface area (Å²) in [6.45, 7) is 7.95. The molecule has 0 bridgehead atoms. The zero-order chi connectivity index (χ0) is 24.5. The zero-order valence-corrected chi connectivity index (χ0v) is 19.9. The molecule has 0 atom stereocenters. The Labute approximate surface area is 197 Å². The van der Waals surface area contributed by atoms with Gasteiger partial charge in [-0.1, -0.05) is 0 Å². The van der Waals surface area contributed by atoms with Crippen LogP contribution in [0.15, 0.2) is 41.1 Å². The van der Waals surface area contributed by atoms with Crippen LogP contribution < -0.4 is 5.32 Å². The molecular formula is C25H29FN4O4. The second kappa shape index (κ2) is 9.04. The molecule has 8 nitrogen and oxygen atoms in total. The lowest BCUT2D eigenvalue weighted by atomic mass is 9.95. The average molecular weight is 469 g/mol. The summed E-state index contributed by atoms with van der Waals surface area (Å²) in [6.07, 6.45) is 3.35. The lowest BCUT2D eigenvalue weighted by Gasteiger charge is -2.34. The van der Waals surface area contributed by atoms with E-state index < -0.39 is 17.4 Å². The van der Waals surface area contributed by atoms with Gasteiger partial charge in [-0.15, -0.1) is 0 Å². The predicted octanol–water partition coefficient (Wildman–Crippen LogP) is 4.88. The molecule has 3 aromatic heterocycles. The Hall–Kier alpha value is -3.49. The summed E-state index contributed by atoms with van der Waals surface area (Å²) in [7, 11) is 0. The van der Waals surface area contributed by atoms with Crippen molar-refractivity contribution in [2.45, 2.75) is 58.4 Å². The molecule has 1 fully saturated rings. The Bertz CT molecular complexity index is 1190. The number of carbonyl (C=O) groups is 2. The van der Waals surface area contributed by atoms with Crippen LogP contribution in [0.2, 0.25) is 0 Å². The van der Waals surface area contributed by atoms with Crippen LogP contribution in [-0.4, -0.2) is 51.2 Å². The molecular weight excluding hydrogens is 439 g/mol. The van der Waals surface area contributed by atoms with Crippen LogP contribution >= 0.6 is 0 Å². The fourth-order valence-electron chi connectivity index (χ4n) is 3.74. The molecule has 1 saturated heterocycles. The summed E-state index contributed by atoms with van der Waals surface area (Å²) >= 11 is 0. The van der Waals surface area contributed by atoms with Crippen molar-refractivity contribution >= 4 is 23.1 Å². The summed E-state index contributed by atoms with van der Waals surface area (Å²) in [5.74, 6) is 0.408. The maximum absolute atomic E-state index is 14.0. The van der Waals surface area contributed by atoms with Crippen molar-refractivity contribution in [1.82, 2.24) is 20.2 Å². The maximum atomic E-state index is 14.0. The molecule has 0 spiro atoms. The van der Waals surface area contributed by atoms with Gasteiger partial charge in [-0.25, -0.2) is 14.2 Å². The highest BCUT2D eigenvalue weighted by Gasteiger charge is 2.31. The van der Waals surface area contributed by atoms with Crippen molar-refractivity contribution < 1.29 is 23.1 Å². The molecule has 1 aliphatic rings. The van der Waals surface area contributed by atoms with E-state index in [1.54, 1.807) is 57.0 Å². The number of alkyl halides is 1. The molecule has 180 valence electrons. The zero-order valence-electron chi connectivity index (χ0n) is 19.9. The lowest BCUT2D eigenvalue weighted by Crippen LogP contribution is -2.43. The number of furan rings is 1. The van der Waals surface area contributed by atoms with E-state index in [-0.39, 0.29) is 12.5 Å². The van der Waals surface area contributed by atoms with Crippen LogP contribution in [0, 0.1) is 0 Å². The topological polar surface area (TPSA) is 97.6 Å². The number of halogens is 1. The van der Waals surface area contributed by atoms with Crippen LogP contribution in [0.4, 0.5) is 9.18 Å². The Morgan fingerprint density at radius 2 is 1.91 bits per heavy atom. The highest BCUT2D eigenvalue weighted by atomic mass is 19.1. The minimum Gasteiger partial charge on any atom is -0.444 e. The molecule has 3 aromatic rings. The SMILES string of the molecule is CC1(F)CCN(C(=O)c2ccc(-c3cnc4oc(CNC(=O)OC(C)(C)C)cc4c3)nc2)CC1. The minimum atomic E-state index is -1.21. The van der Waals surface area contributed by atoms with E-state index in [9.17, 15) is 14.0 Å². The summed E-state index contributed by atoms with van der Waals surface area (Å²) in [5.41, 5.74) is 0.565. The van der Waals surface area contributed by atoms with E-state index in [0.29, 0.717) is 48.7 Å². The van der Waals surface area contributed by atoms with Crippen LogP contribution in [0.1, 0.15) is 56.7 Å². The molecule has 1 aliphatic heterocycles. The highest BCUT2D eigenvalue weighted by Crippen LogP contribution is 2.27. The van der Waals surface area contributed by atoms with Gasteiger partial charge >= 0.3 is 6.09 Å². The number of nitrogens with zero attached hydrogens (tertiary/aromatic N) is 3. The number of rotatable bonds is 4. The first-order chi connectivity index (χ1) is 16.0. The number of alkyl carbamates (subject to hydrolysis) is 1. The second-order valence-electron chi connectivity index (χ2n) is 9.82. The monoisotopic (exact) mass is 468 g/mol. The highest BCUT2D eigenvalue weighted by molar-refractivity contribution is 5.94. The third-order valence-electron chi connectivity index (χ3n) is 5.63. The Kier molecular flexibility index (Phi) is 6.29. The quantitative estimate of drug-likeness (QED) is 0.586. The fourth-order valence-corrected chi connectivity index (χ4v) is 3.74. The Morgan fingerprint density at radius 1 is 1.18 bits per heavy atom. The number of amides is 2. The molecule has 2 amide bonds. The molecule has 0 saturated carbocycles. The van der Waals surface area contributed by atoms with E-state index in [0.717, 1.165) is 10.9 Å². The number of aromatic nitrogens is 2. The van der Waals surface area contributed by atoms with Crippen LogP contribution in [0.5, 0.6) is 0 Å². The molecule has 0 aliphatic carbocycles. The molecule has 1 N–H and O–H groups in total. The van der Waals surface area contributed by atoms with Gasteiger partial charge in [-0.05, 0) is 64.8 Å². The van der Waals surface area contributed by atoms with Gasteiger partial charge in [0.2, 0.25) is 5.71 Å². The predicted molar refractivity (Wildman–Crippen MR) is 125 cm³/mol. The van der Waals surface area contributed by atoms with Crippen LogP contribution in [0.3, 0.4) is 0 Å². The van der Waals surface area contributed by atoms with Gasteiger partial charge in [-0.2, -0.15) is 0 Å². The first kappa shape index (κ1) is 23.7. The number of likely N-dealkylation sites (tertiary alicyclic amines) is 1. The van der Waals surface area contributed by atoms with Gasteiger partial charge in [0.05, 0.1) is 17.8 Å². The first-order valence-corrected chi connectivity index (χ1v) is 11.3. The van der Waals surface area contributed by atoms with Gasteiger partial charge in [0.15, 0.2) is 0 Å². The first-order valence-electron chi connectivity index (χ1n) is 11.3. The molecule has 0 unspecified atom stereocenters. The summed E-state index contributed by atoms with van der Waals surface area (Å²) in [5, 5.41) is 3.43. The van der Waals surface area contributed by atoms with Crippen molar-refractivity contribution in [1.29, 1.82) is 0 Å². The minimum absolute atomic E-state index is 0.139. The number of carbonyl (C=O) groups excluding carboxylic acids is 2. The number of nitrogens with one attached hydrogen (secondary N) is 1. The fraction of sp³-hybridized carbons (Fsp3) is 0.440. The molecule has 0 radical (unpaired) electrons. The number of hydrogen-bond donors (Lipinski definition) is 1. The third kappa shape index (κ3) is 5.70. The van der Waals surface area contributed by atoms with E-state index >= 15 is 0 Å². The van der Waals surface area contributed by atoms with Crippen molar-refractivity contribution in [3.05, 3.63) is 48.0 Å². The number of pyridine rings is 2. The van der Waals surface area contributed by atoms with E-state index in [1.807, 2.05) is 6.07 Å². The van der Waals surface area contributed by atoms with Crippen molar-refractivity contribution in [3.8, 4) is 11.3 Å². The standard InChI is InChI=1S/C25H29FN4O4/c1-24(2,3)34-23(32)29-15-19-12-17-11-18(14-28-21(17)33-19)20-6-5-16(13-27-20)22(31)30-9-7-25(4,26)8-10-30/h5-6,11-14H,7-10,15H2,1-4H3,(H,29,32). The Morgan fingerprint density at radius 3 is 2.56 bits per heavy atom. The molecule has 0 aromatic carbocycles. The molecule has 4 rings (SSSR count). The summed E-state index contributed by atoms with van der Waals surface area (Å²) in [6, 6.07) is 7.18. The van der Waals surface area contributed by atoms with E-state index in [2.05, 4.69) is 15.3 Å². The Balaban J connectivity index is 1.42. The maximum Gasteiger partial charge on any atom is 0.408 e. The van der Waals surface area contributed by atoms with Gasteiger partial charge < -0.3 is 19.4 Å². The smallest absolute Gasteiger partial charge is 0.408 e. The number of ether oxygens (including phenoxy) is 1. The molecule has 4 heterocycles. The number of piperidine rings is 1. The van der Waals surface area contributed by atoms with Crippen molar-refractivity contribution in [3.63, 3.8) is 0 Å². The number of hydrogen-bond acceptors (Lipinski definition) is 6. The summed E-state index contributed by atoms with van der Waals surface area (Å²) < 4.78 is 24.9. The number of fused-ring (bicyclic) bond motifs is 1. The van der Waals surface area contributed by atoms with Gasteiger partial charge in [0.1, 0.15) is 17.0 Å². The normalized spacial score (nSPS) is 15.9. The molecule has 9 heteroatoms. The van der Waals surface area contributed by atoms with Gasteiger partial charge in [0, 0.05) is 36.4 Å². The lowest BCUT2D eigenvalue weighted by molar-refractivity contribution is 0.0498. The molecule has 34 heavy (non-hydrogen) atoms. The third-order valence-corrected chi connectivity index (χ3v) is 5.63.